The maximum atomic E-state index is 9.57. The second kappa shape index (κ2) is 5.38. The zero-order chi connectivity index (χ0) is 9.65. The predicted octanol–water partition coefficient (Wildman–Crippen LogP) is 1.44. The Labute approximate surface area is 72.5 Å². The normalized spacial score (nSPS) is 12.9. The van der Waals surface area contributed by atoms with Gasteiger partial charge in [0.05, 0.1) is 0 Å². The predicted molar refractivity (Wildman–Crippen MR) is 46.9 cm³/mol. The first-order valence-electron chi connectivity index (χ1n) is 3.32. The summed E-state index contributed by atoms with van der Waals surface area (Å²) in [7, 11) is 0. The van der Waals surface area contributed by atoms with Crippen molar-refractivity contribution in [3.63, 3.8) is 0 Å². The minimum atomic E-state index is -0.963. The maximum Gasteiger partial charge on any atom is 0.320 e. The fourth-order valence-corrected chi connectivity index (χ4v) is 0. The first-order chi connectivity index (χ1) is 4.64. The molecule has 1 atom stereocenters. The molecular weight excluding hydrogens is 166 g/mol. The van der Waals surface area contributed by atoms with Gasteiger partial charge in [0.1, 0.15) is 6.04 Å². The van der Waals surface area contributed by atoms with E-state index in [0.717, 1.165) is 0 Å². The number of hydrogen-bond acceptors (Lipinski definition) is 2. The molecule has 0 aliphatic rings. The van der Waals surface area contributed by atoms with Crippen molar-refractivity contribution in [2.45, 2.75) is 38.6 Å². The summed E-state index contributed by atoms with van der Waals surface area (Å²) < 4.78 is 0. The van der Waals surface area contributed by atoms with Crippen LogP contribution in [0.1, 0.15) is 27.7 Å². The highest BCUT2D eigenvalue weighted by atomic mass is 35.5. The van der Waals surface area contributed by atoms with E-state index in [-0.39, 0.29) is 4.87 Å². The lowest BCUT2D eigenvalue weighted by Crippen LogP contribution is -2.25. The van der Waals surface area contributed by atoms with Gasteiger partial charge in [-0.2, -0.15) is 0 Å². The van der Waals surface area contributed by atoms with E-state index in [1.807, 2.05) is 20.8 Å². The van der Waals surface area contributed by atoms with E-state index in [1.54, 1.807) is 0 Å². The molecule has 0 rings (SSSR count). The molecule has 3 nitrogen and oxygen atoms in total. The lowest BCUT2D eigenvalue weighted by Gasteiger charge is -2.01. The van der Waals surface area contributed by atoms with Crippen LogP contribution in [-0.4, -0.2) is 22.0 Å². The number of halogens is 1. The SMILES string of the molecule is CC(C)(C)Cl.C[C@H](N)C(=O)O. The number of hydrogen-bond donors (Lipinski definition) is 2. The molecule has 4 heteroatoms. The number of carbonyl (C=O) groups is 1. The Morgan fingerprint density at radius 1 is 1.55 bits per heavy atom. The minimum absolute atomic E-state index is 0.0278. The molecular formula is C7H16ClNO2. The van der Waals surface area contributed by atoms with Crippen LogP contribution in [0.4, 0.5) is 0 Å². The molecule has 0 radical (unpaired) electrons. The molecule has 0 saturated carbocycles. The number of aliphatic carboxylic acids is 1. The Balaban J connectivity index is 0. The van der Waals surface area contributed by atoms with E-state index in [0.29, 0.717) is 0 Å². The molecule has 0 amide bonds. The van der Waals surface area contributed by atoms with Gasteiger partial charge in [-0.15, -0.1) is 11.6 Å². The van der Waals surface area contributed by atoms with Crippen LogP contribution in [0, 0.1) is 0 Å². The monoisotopic (exact) mass is 181 g/mol. The number of alkyl halides is 1. The molecule has 0 aliphatic carbocycles. The van der Waals surface area contributed by atoms with Gasteiger partial charge in [-0.05, 0) is 27.7 Å². The van der Waals surface area contributed by atoms with Gasteiger partial charge in [0.25, 0.3) is 0 Å². The zero-order valence-corrected chi connectivity index (χ0v) is 8.14. The number of nitrogens with two attached hydrogens (primary N) is 1. The van der Waals surface area contributed by atoms with Crippen LogP contribution in [0.2, 0.25) is 0 Å². The van der Waals surface area contributed by atoms with Crippen molar-refractivity contribution in [3.8, 4) is 0 Å². The third kappa shape index (κ3) is 41.9. The van der Waals surface area contributed by atoms with Crippen LogP contribution < -0.4 is 5.73 Å². The summed E-state index contributed by atoms with van der Waals surface area (Å²) in [5.74, 6) is -0.963. The summed E-state index contributed by atoms with van der Waals surface area (Å²) in [5.41, 5.74) is 4.84. The molecule has 0 aromatic carbocycles. The molecule has 0 saturated heterocycles. The van der Waals surface area contributed by atoms with E-state index < -0.39 is 12.0 Å². The molecule has 0 heterocycles. The van der Waals surface area contributed by atoms with Crippen molar-refractivity contribution in [1.82, 2.24) is 0 Å². The minimum Gasteiger partial charge on any atom is -0.480 e. The van der Waals surface area contributed by atoms with Crippen molar-refractivity contribution in [2.24, 2.45) is 5.73 Å². The molecule has 11 heavy (non-hydrogen) atoms. The van der Waals surface area contributed by atoms with Crippen LogP contribution in [-0.2, 0) is 4.79 Å². The quantitative estimate of drug-likeness (QED) is 0.602. The maximum absolute atomic E-state index is 9.57. The fraction of sp³-hybridized carbons (Fsp3) is 0.857. The van der Waals surface area contributed by atoms with Crippen LogP contribution in [0.15, 0.2) is 0 Å². The van der Waals surface area contributed by atoms with Crippen LogP contribution in [0.5, 0.6) is 0 Å². The lowest BCUT2D eigenvalue weighted by molar-refractivity contribution is -0.138. The van der Waals surface area contributed by atoms with Gasteiger partial charge in [-0.3, -0.25) is 4.79 Å². The van der Waals surface area contributed by atoms with Gasteiger partial charge in [-0.1, -0.05) is 0 Å². The van der Waals surface area contributed by atoms with Gasteiger partial charge < -0.3 is 10.8 Å². The molecule has 0 fully saturated rings. The summed E-state index contributed by atoms with van der Waals surface area (Å²) in [6.45, 7) is 7.28. The summed E-state index contributed by atoms with van der Waals surface area (Å²) in [6.07, 6.45) is 0. The van der Waals surface area contributed by atoms with Gasteiger partial charge in [0.15, 0.2) is 0 Å². The average molecular weight is 182 g/mol. The first-order valence-corrected chi connectivity index (χ1v) is 3.69. The Morgan fingerprint density at radius 3 is 1.64 bits per heavy atom. The smallest absolute Gasteiger partial charge is 0.320 e. The largest absolute Gasteiger partial charge is 0.480 e. The lowest BCUT2D eigenvalue weighted by atomic mass is 10.3. The highest BCUT2D eigenvalue weighted by molar-refractivity contribution is 6.23. The van der Waals surface area contributed by atoms with Crippen molar-refractivity contribution in [3.05, 3.63) is 0 Å². The standard InChI is InChI=1S/C4H9Cl.C3H7NO2/c1-4(2,3)5;1-2(4)3(5)6/h1-3H3;2H,4H2,1H3,(H,5,6)/t;2-/m.0/s1. The van der Waals surface area contributed by atoms with Crippen LogP contribution in [0.3, 0.4) is 0 Å². The third-order valence-corrected chi connectivity index (χ3v) is 0.390. The number of rotatable bonds is 1. The Bertz CT molecular complexity index is 112. The second-order valence-electron chi connectivity index (χ2n) is 3.19. The van der Waals surface area contributed by atoms with E-state index in [1.165, 1.54) is 6.92 Å². The number of carboxylic acid groups (broad SMARTS) is 1. The molecule has 3 N–H and O–H groups in total. The van der Waals surface area contributed by atoms with E-state index in [2.05, 4.69) is 0 Å². The van der Waals surface area contributed by atoms with Crippen LogP contribution >= 0.6 is 11.6 Å². The molecule has 0 aromatic rings. The van der Waals surface area contributed by atoms with Gasteiger partial charge in [0.2, 0.25) is 0 Å². The molecule has 0 aromatic heterocycles. The van der Waals surface area contributed by atoms with Crippen molar-refractivity contribution in [2.75, 3.05) is 0 Å². The van der Waals surface area contributed by atoms with Gasteiger partial charge in [0, 0.05) is 4.87 Å². The highest BCUT2D eigenvalue weighted by Gasteiger charge is 1.99. The summed E-state index contributed by atoms with van der Waals surface area (Å²) in [6, 6.07) is -0.731. The van der Waals surface area contributed by atoms with E-state index >= 15 is 0 Å². The van der Waals surface area contributed by atoms with Gasteiger partial charge in [-0.25, -0.2) is 0 Å². The third-order valence-electron chi connectivity index (χ3n) is 0.390. The van der Waals surface area contributed by atoms with Gasteiger partial charge >= 0.3 is 5.97 Å². The molecule has 68 valence electrons. The highest BCUT2D eigenvalue weighted by Crippen LogP contribution is 2.07. The fourth-order valence-electron chi connectivity index (χ4n) is 0. The summed E-state index contributed by atoms with van der Waals surface area (Å²) in [4.78, 5) is 9.55. The van der Waals surface area contributed by atoms with Crippen molar-refractivity contribution in [1.29, 1.82) is 0 Å². The number of carboxylic acids is 1. The second-order valence-corrected chi connectivity index (χ2v) is 4.33. The van der Waals surface area contributed by atoms with Crippen molar-refractivity contribution < 1.29 is 9.90 Å². The summed E-state index contributed by atoms with van der Waals surface area (Å²) >= 11 is 5.53. The van der Waals surface area contributed by atoms with E-state index in [4.69, 9.17) is 22.4 Å². The Hall–Kier alpha value is -0.280. The zero-order valence-electron chi connectivity index (χ0n) is 7.39. The average Bonchev–Trinajstić information content (AvgIpc) is 1.59. The molecule has 0 aliphatic heterocycles. The topological polar surface area (TPSA) is 63.3 Å². The molecule has 0 spiro atoms. The van der Waals surface area contributed by atoms with Crippen molar-refractivity contribution >= 4 is 17.6 Å². The first kappa shape index (κ1) is 13.3. The van der Waals surface area contributed by atoms with Crippen LogP contribution in [0.25, 0.3) is 0 Å². The molecule has 0 unspecified atom stereocenters. The summed E-state index contributed by atoms with van der Waals surface area (Å²) in [5, 5.41) is 7.87. The molecule has 0 bridgehead atoms. The van der Waals surface area contributed by atoms with E-state index in [9.17, 15) is 4.79 Å². The Kier molecular flexibility index (Phi) is 6.52. The Morgan fingerprint density at radius 2 is 1.64 bits per heavy atom.